The molecule has 0 atom stereocenters. The van der Waals surface area contributed by atoms with Crippen molar-refractivity contribution in [2.24, 2.45) is 0 Å². The van der Waals surface area contributed by atoms with Crippen LogP contribution in [0.2, 0.25) is 0 Å². The van der Waals surface area contributed by atoms with E-state index in [2.05, 4.69) is 30.8 Å². The first kappa shape index (κ1) is 11.8. The Labute approximate surface area is 104 Å². The number of hydrogen-bond acceptors (Lipinski definition) is 0. The number of hydrogen-bond donors (Lipinski definition) is 0. The fourth-order valence-electron chi connectivity index (χ4n) is 2.02. The lowest BCUT2D eigenvalue weighted by Crippen LogP contribution is -2.10. The van der Waals surface area contributed by atoms with Gasteiger partial charge in [0.25, 0.3) is 0 Å². The Kier molecular flexibility index (Phi) is 3.88. The monoisotopic (exact) mass is 242 g/mol. The first-order chi connectivity index (χ1) is 8.27. The molecule has 0 N–H and O–H groups in total. The van der Waals surface area contributed by atoms with Gasteiger partial charge in [0.1, 0.15) is 9.52 Å². The summed E-state index contributed by atoms with van der Waals surface area (Å²) in [5.74, 6) is 0. The molecular weight excluding hydrogens is 227 g/mol. The highest BCUT2D eigenvalue weighted by molar-refractivity contribution is 6.47. The summed E-state index contributed by atoms with van der Waals surface area (Å²) in [5, 5.41) is 0. The molecule has 0 unspecified atom stereocenters. The van der Waals surface area contributed by atoms with Crippen molar-refractivity contribution in [2.75, 3.05) is 0 Å². The molecule has 0 aliphatic heterocycles. The van der Waals surface area contributed by atoms with E-state index in [1.807, 2.05) is 36.4 Å². The second-order valence-electron chi connectivity index (χ2n) is 4.10. The molecule has 0 aliphatic carbocycles. The first-order valence-corrected chi connectivity index (χ1v) is 7.23. The summed E-state index contributed by atoms with van der Waals surface area (Å²) in [6.45, 7) is 3.44. The Hall–Kier alpha value is -1.67. The van der Waals surface area contributed by atoms with Crippen molar-refractivity contribution >= 4 is 9.52 Å². The van der Waals surface area contributed by atoms with Crippen LogP contribution in [0.4, 0.5) is 4.39 Å². The molecule has 0 fully saturated rings. The summed E-state index contributed by atoms with van der Waals surface area (Å²) in [5.41, 5.74) is 2.42. The van der Waals surface area contributed by atoms with Crippen molar-refractivity contribution in [3.63, 3.8) is 0 Å². The van der Waals surface area contributed by atoms with Gasteiger partial charge in [-0.25, -0.2) is 4.39 Å². The van der Waals surface area contributed by atoms with E-state index in [4.69, 9.17) is 0 Å². The molecule has 0 heterocycles. The maximum atomic E-state index is 13.2. The third-order valence-electron chi connectivity index (χ3n) is 2.83. The molecule has 0 aliphatic rings. The van der Waals surface area contributed by atoms with Crippen molar-refractivity contribution in [3.05, 3.63) is 83.8 Å². The van der Waals surface area contributed by atoms with Crippen LogP contribution in [0.15, 0.2) is 72.7 Å². The normalized spacial score (nSPS) is 11.2. The lowest BCUT2D eigenvalue weighted by atomic mass is 10.0. The Morgan fingerprint density at radius 3 is 1.65 bits per heavy atom. The fourth-order valence-corrected chi connectivity index (χ4v) is 3.48. The van der Waals surface area contributed by atoms with Crippen molar-refractivity contribution in [2.45, 2.75) is 5.54 Å². The van der Waals surface area contributed by atoms with Gasteiger partial charge in [-0.1, -0.05) is 67.2 Å². The molecule has 0 radical (unpaired) electrons. The van der Waals surface area contributed by atoms with Crippen LogP contribution >= 0.6 is 0 Å². The predicted octanol–water partition coefficient (Wildman–Crippen LogP) is 3.39. The van der Waals surface area contributed by atoms with Gasteiger partial charge in [0, 0.05) is 5.54 Å². The van der Waals surface area contributed by atoms with Crippen LogP contribution in [0.1, 0.15) is 16.7 Å². The molecule has 17 heavy (non-hydrogen) atoms. The molecule has 0 amide bonds. The Morgan fingerprint density at radius 1 is 0.882 bits per heavy atom. The minimum absolute atomic E-state index is 0.136. The third kappa shape index (κ3) is 3.14. The summed E-state index contributed by atoms with van der Waals surface area (Å²) < 4.78 is 13.2. The van der Waals surface area contributed by atoms with E-state index in [1.54, 1.807) is 0 Å². The smallest absolute Gasteiger partial charge is 0.103 e. The minimum Gasteiger partial charge on any atom is -0.219 e. The van der Waals surface area contributed by atoms with Crippen LogP contribution in [0.3, 0.4) is 0 Å². The summed E-state index contributed by atoms with van der Waals surface area (Å²) in [6, 6.07) is 20.2. The van der Waals surface area contributed by atoms with Crippen LogP contribution < -0.4 is 0 Å². The van der Waals surface area contributed by atoms with Gasteiger partial charge in [-0.15, -0.1) is 0 Å². The van der Waals surface area contributed by atoms with Gasteiger partial charge in [-0.3, -0.25) is 0 Å². The lowest BCUT2D eigenvalue weighted by molar-refractivity contribution is 0.691. The van der Waals surface area contributed by atoms with E-state index in [0.717, 1.165) is 0 Å². The highest BCUT2D eigenvalue weighted by atomic mass is 28.2. The van der Waals surface area contributed by atoms with Gasteiger partial charge in [0.2, 0.25) is 0 Å². The third-order valence-corrected chi connectivity index (χ3v) is 4.62. The zero-order valence-corrected chi connectivity index (χ0v) is 11.1. The summed E-state index contributed by atoms with van der Waals surface area (Å²) in [7, 11) is -0.998. The van der Waals surface area contributed by atoms with E-state index in [1.165, 1.54) is 11.1 Å². The van der Waals surface area contributed by atoms with E-state index in [0.29, 0.717) is 0 Å². The Morgan fingerprint density at radius 2 is 1.29 bits per heavy atom. The zero-order chi connectivity index (χ0) is 12.1. The van der Waals surface area contributed by atoms with Crippen molar-refractivity contribution in [1.82, 2.24) is 0 Å². The van der Waals surface area contributed by atoms with Gasteiger partial charge in [0.15, 0.2) is 0 Å². The second kappa shape index (κ2) is 5.59. The van der Waals surface area contributed by atoms with Crippen LogP contribution in [0, 0.1) is 0 Å². The summed E-state index contributed by atoms with van der Waals surface area (Å²) in [4.78, 5) is 0. The molecule has 0 aromatic heterocycles. The highest BCUT2D eigenvalue weighted by Crippen LogP contribution is 2.24. The van der Waals surface area contributed by atoms with E-state index >= 15 is 0 Å². The van der Waals surface area contributed by atoms with Gasteiger partial charge >= 0.3 is 0 Å². The quantitative estimate of drug-likeness (QED) is 0.721. The average molecular weight is 242 g/mol. The average Bonchev–Trinajstić information content (AvgIpc) is 2.38. The topological polar surface area (TPSA) is 0 Å². The zero-order valence-electron chi connectivity index (χ0n) is 9.64. The first-order valence-electron chi connectivity index (χ1n) is 5.70. The molecule has 0 nitrogen and oxygen atoms in total. The van der Waals surface area contributed by atoms with Crippen LogP contribution in [-0.4, -0.2) is 9.52 Å². The SMILES string of the molecule is C=C(F)[SiH2]C(c1ccccc1)c1ccccc1. The molecule has 0 spiro atoms. The Bertz CT molecular complexity index is 439. The molecule has 0 bridgehead atoms. The number of benzene rings is 2. The van der Waals surface area contributed by atoms with Crippen LogP contribution in [-0.2, 0) is 0 Å². The summed E-state index contributed by atoms with van der Waals surface area (Å²) >= 11 is 0. The second-order valence-corrected chi connectivity index (χ2v) is 6.09. The standard InChI is InChI=1S/C15H15FSi/c1-12(16)17-15(13-8-4-2-5-9-13)14-10-6-3-7-11-14/h2-11,15H,1,17H2. The van der Waals surface area contributed by atoms with E-state index in [9.17, 15) is 4.39 Å². The van der Waals surface area contributed by atoms with Gasteiger partial charge in [0.05, 0.1) is 5.45 Å². The summed E-state index contributed by atoms with van der Waals surface area (Å²) in [6.07, 6.45) is 0. The minimum atomic E-state index is -0.998. The molecule has 2 rings (SSSR count). The molecule has 86 valence electrons. The predicted molar refractivity (Wildman–Crippen MR) is 73.5 cm³/mol. The molecular formula is C15H15FSi. The van der Waals surface area contributed by atoms with E-state index in [-0.39, 0.29) is 11.0 Å². The molecule has 0 saturated heterocycles. The van der Waals surface area contributed by atoms with Crippen molar-refractivity contribution in [1.29, 1.82) is 0 Å². The Balaban J connectivity index is 2.36. The fraction of sp³-hybridized carbons (Fsp3) is 0.0667. The molecule has 2 aromatic carbocycles. The van der Waals surface area contributed by atoms with Gasteiger partial charge < -0.3 is 0 Å². The van der Waals surface area contributed by atoms with Crippen molar-refractivity contribution < 1.29 is 4.39 Å². The van der Waals surface area contributed by atoms with Gasteiger partial charge in [-0.05, 0) is 11.1 Å². The molecule has 2 heteroatoms. The molecule has 0 saturated carbocycles. The maximum Gasteiger partial charge on any atom is 0.103 e. The number of halogens is 1. The van der Waals surface area contributed by atoms with Crippen LogP contribution in [0.5, 0.6) is 0 Å². The largest absolute Gasteiger partial charge is 0.219 e. The highest BCUT2D eigenvalue weighted by Gasteiger charge is 2.15. The van der Waals surface area contributed by atoms with Crippen molar-refractivity contribution in [3.8, 4) is 0 Å². The van der Waals surface area contributed by atoms with E-state index < -0.39 is 9.52 Å². The maximum absolute atomic E-state index is 13.2. The number of rotatable bonds is 4. The molecule has 2 aromatic rings. The lowest BCUT2D eigenvalue weighted by Gasteiger charge is -2.16. The van der Waals surface area contributed by atoms with Gasteiger partial charge in [-0.2, -0.15) is 0 Å². The van der Waals surface area contributed by atoms with Crippen LogP contribution in [0.25, 0.3) is 0 Å².